The summed E-state index contributed by atoms with van der Waals surface area (Å²) in [5.41, 5.74) is -1.16. The molecule has 0 radical (unpaired) electrons. The maximum atomic E-state index is 12.2. The Morgan fingerprint density at radius 3 is 2.73 bits per heavy atom. The molecule has 2 aromatic rings. The molecule has 0 aliphatic heterocycles. The average molecular weight is 327 g/mol. The highest BCUT2D eigenvalue weighted by molar-refractivity contribution is 7.89. The number of fused-ring (bicyclic) bond motifs is 1. The summed E-state index contributed by atoms with van der Waals surface area (Å²) in [6.45, 7) is 2.02. The Morgan fingerprint density at radius 1 is 1.41 bits per heavy atom. The first-order valence-corrected chi connectivity index (χ1v) is 8.00. The summed E-state index contributed by atoms with van der Waals surface area (Å²) < 4.78 is 28.0. The monoisotopic (exact) mass is 327 g/mol. The van der Waals surface area contributed by atoms with Crippen LogP contribution in [0.4, 0.5) is 0 Å². The molecule has 1 unspecified atom stereocenters. The molecule has 1 atom stereocenters. The number of likely N-dealkylation sites (N-methyl/N-ethyl adjacent to an activating group) is 1. The third-order valence-electron chi connectivity index (χ3n) is 3.31. The molecule has 2 heterocycles. The summed E-state index contributed by atoms with van der Waals surface area (Å²) in [6.07, 6.45) is 1.12. The summed E-state index contributed by atoms with van der Waals surface area (Å²) in [6, 6.07) is 1.15. The normalized spacial score (nSPS) is 13.4. The van der Waals surface area contributed by atoms with Crippen LogP contribution in [0, 0.1) is 0 Å². The van der Waals surface area contributed by atoms with Gasteiger partial charge in [-0.25, -0.2) is 22.9 Å². The fourth-order valence-corrected chi connectivity index (χ4v) is 2.88. The minimum Gasteiger partial charge on any atom is -0.316 e. The molecule has 0 saturated carbocycles. The van der Waals surface area contributed by atoms with Gasteiger partial charge in [0.05, 0.1) is 5.39 Å². The molecule has 0 spiro atoms. The third-order valence-corrected chi connectivity index (χ3v) is 4.70. The van der Waals surface area contributed by atoms with Crippen molar-refractivity contribution in [2.24, 2.45) is 7.05 Å². The highest BCUT2D eigenvalue weighted by Crippen LogP contribution is 2.12. The zero-order chi connectivity index (χ0) is 16.5. The van der Waals surface area contributed by atoms with Gasteiger partial charge in [0.15, 0.2) is 0 Å². The maximum Gasteiger partial charge on any atom is 0.329 e. The predicted octanol–water partition coefficient (Wildman–Crippen LogP) is -1.49. The lowest BCUT2D eigenvalue weighted by Crippen LogP contribution is -2.37. The lowest BCUT2D eigenvalue weighted by Gasteiger charge is -2.12. The number of H-pyrrole nitrogens is 1. The van der Waals surface area contributed by atoms with Gasteiger partial charge in [0.25, 0.3) is 5.56 Å². The van der Waals surface area contributed by atoms with Crippen LogP contribution in [0.25, 0.3) is 11.0 Å². The molecule has 0 amide bonds. The average Bonchev–Trinajstić information content (AvgIpc) is 2.50. The van der Waals surface area contributed by atoms with E-state index in [2.05, 4.69) is 20.0 Å². The van der Waals surface area contributed by atoms with Gasteiger partial charge in [-0.2, -0.15) is 0 Å². The van der Waals surface area contributed by atoms with E-state index < -0.39 is 21.3 Å². The molecule has 9 nitrogen and oxygen atoms in total. The Morgan fingerprint density at radius 2 is 2.09 bits per heavy atom. The van der Waals surface area contributed by atoms with Crippen LogP contribution in [0.2, 0.25) is 0 Å². The molecule has 3 N–H and O–H groups in total. The van der Waals surface area contributed by atoms with Crippen molar-refractivity contribution in [3.05, 3.63) is 33.1 Å². The molecule has 2 aromatic heterocycles. The maximum absolute atomic E-state index is 12.2. The number of hydrogen-bond donors (Lipinski definition) is 3. The first-order valence-electron chi connectivity index (χ1n) is 6.52. The summed E-state index contributed by atoms with van der Waals surface area (Å²) in [5.74, 6) is 0. The van der Waals surface area contributed by atoms with Crippen molar-refractivity contribution in [3.8, 4) is 0 Å². The first-order chi connectivity index (χ1) is 10.3. The van der Waals surface area contributed by atoms with Crippen molar-refractivity contribution in [1.82, 2.24) is 24.6 Å². The zero-order valence-electron chi connectivity index (χ0n) is 12.4. The molecule has 0 aliphatic carbocycles. The van der Waals surface area contributed by atoms with Crippen molar-refractivity contribution in [3.63, 3.8) is 0 Å². The van der Waals surface area contributed by atoms with Gasteiger partial charge in [0.2, 0.25) is 10.0 Å². The van der Waals surface area contributed by atoms with E-state index in [0.29, 0.717) is 0 Å². The van der Waals surface area contributed by atoms with Crippen LogP contribution in [-0.4, -0.2) is 42.6 Å². The third kappa shape index (κ3) is 3.08. The molecule has 10 heteroatoms. The van der Waals surface area contributed by atoms with Crippen molar-refractivity contribution < 1.29 is 8.42 Å². The topological polar surface area (TPSA) is 126 Å². The van der Waals surface area contributed by atoms with Gasteiger partial charge in [-0.3, -0.25) is 14.3 Å². The second kappa shape index (κ2) is 5.99. The van der Waals surface area contributed by atoms with E-state index in [-0.39, 0.29) is 28.5 Å². The fourth-order valence-electron chi connectivity index (χ4n) is 1.78. The number of nitrogens with zero attached hydrogens (tertiary/aromatic N) is 2. The molecule has 0 aliphatic rings. The van der Waals surface area contributed by atoms with Crippen molar-refractivity contribution >= 4 is 21.1 Å². The molecule has 22 heavy (non-hydrogen) atoms. The highest BCUT2D eigenvalue weighted by Gasteiger charge is 2.17. The standard InChI is InChI=1S/C12H17N5O4S/c1-7(13-2)5-15-22(20,21)8-4-9-10(14-6-8)17(3)12(19)16-11(9)18/h4,6-7,13,15H,5H2,1-3H3,(H,16,18,19). The molecule has 120 valence electrons. The van der Waals surface area contributed by atoms with Gasteiger partial charge in [-0.15, -0.1) is 0 Å². The van der Waals surface area contributed by atoms with Crippen LogP contribution in [0.1, 0.15) is 6.92 Å². The Labute approximate surface area is 126 Å². The fraction of sp³-hybridized carbons (Fsp3) is 0.417. The lowest BCUT2D eigenvalue weighted by molar-refractivity contribution is 0.554. The van der Waals surface area contributed by atoms with E-state index in [1.807, 2.05) is 6.92 Å². The lowest BCUT2D eigenvalue weighted by atomic mass is 10.3. The highest BCUT2D eigenvalue weighted by atomic mass is 32.2. The minimum absolute atomic E-state index is 0.0339. The first kappa shape index (κ1) is 16.3. The second-order valence-electron chi connectivity index (χ2n) is 4.90. The molecule has 0 fully saturated rings. The van der Waals surface area contributed by atoms with Crippen LogP contribution in [0.15, 0.2) is 26.7 Å². The molecule has 0 aromatic carbocycles. The summed E-state index contributed by atoms with van der Waals surface area (Å²) in [4.78, 5) is 29.2. The van der Waals surface area contributed by atoms with Gasteiger partial charge in [-0.05, 0) is 20.0 Å². The van der Waals surface area contributed by atoms with Crippen LogP contribution >= 0.6 is 0 Å². The Bertz CT molecular complexity index is 915. The van der Waals surface area contributed by atoms with E-state index in [4.69, 9.17) is 0 Å². The largest absolute Gasteiger partial charge is 0.329 e. The van der Waals surface area contributed by atoms with Crippen molar-refractivity contribution in [1.29, 1.82) is 0 Å². The van der Waals surface area contributed by atoms with Crippen LogP contribution in [0.5, 0.6) is 0 Å². The van der Waals surface area contributed by atoms with Crippen LogP contribution in [0.3, 0.4) is 0 Å². The Hall–Kier alpha value is -2.04. The van der Waals surface area contributed by atoms with E-state index >= 15 is 0 Å². The van der Waals surface area contributed by atoms with Crippen LogP contribution in [-0.2, 0) is 17.1 Å². The number of aromatic nitrogens is 3. The van der Waals surface area contributed by atoms with E-state index in [1.165, 1.54) is 13.1 Å². The van der Waals surface area contributed by atoms with Gasteiger partial charge >= 0.3 is 5.69 Å². The zero-order valence-corrected chi connectivity index (χ0v) is 13.2. The number of aromatic amines is 1. The molecule has 0 saturated heterocycles. The molecule has 0 bridgehead atoms. The number of rotatable bonds is 5. The van der Waals surface area contributed by atoms with Crippen molar-refractivity contribution in [2.45, 2.75) is 17.9 Å². The van der Waals surface area contributed by atoms with Gasteiger partial charge in [0.1, 0.15) is 10.5 Å². The number of aryl methyl sites for hydroxylation is 1. The molecular formula is C12H17N5O4S. The smallest absolute Gasteiger partial charge is 0.316 e. The van der Waals surface area contributed by atoms with Crippen molar-refractivity contribution in [2.75, 3.05) is 13.6 Å². The Balaban J connectivity index is 2.50. The van der Waals surface area contributed by atoms with E-state index in [1.54, 1.807) is 7.05 Å². The number of nitrogens with one attached hydrogen (secondary N) is 3. The molecule has 2 rings (SSSR count). The quantitative estimate of drug-likeness (QED) is 0.614. The summed E-state index contributed by atoms with van der Waals surface area (Å²) >= 11 is 0. The number of sulfonamides is 1. The summed E-state index contributed by atoms with van der Waals surface area (Å²) in [5, 5.41) is 2.94. The predicted molar refractivity (Wildman–Crippen MR) is 81.3 cm³/mol. The number of pyridine rings is 1. The Kier molecular flexibility index (Phi) is 4.44. The van der Waals surface area contributed by atoms with Gasteiger partial charge in [-0.1, -0.05) is 0 Å². The van der Waals surface area contributed by atoms with Gasteiger partial charge in [0, 0.05) is 25.8 Å². The van der Waals surface area contributed by atoms with Gasteiger partial charge < -0.3 is 5.32 Å². The minimum atomic E-state index is -3.79. The SMILES string of the molecule is CNC(C)CNS(=O)(=O)c1cnc2c(c1)c(=O)[nH]c(=O)n2C. The second-order valence-corrected chi connectivity index (χ2v) is 6.67. The van der Waals surface area contributed by atoms with E-state index in [0.717, 1.165) is 10.8 Å². The summed E-state index contributed by atoms with van der Waals surface area (Å²) in [7, 11) is -0.631. The van der Waals surface area contributed by atoms with Crippen LogP contribution < -0.4 is 21.3 Å². The number of hydrogen-bond acceptors (Lipinski definition) is 6. The molecular weight excluding hydrogens is 310 g/mol. The van der Waals surface area contributed by atoms with E-state index in [9.17, 15) is 18.0 Å².